The first-order valence-corrected chi connectivity index (χ1v) is 15.3. The second-order valence-electron chi connectivity index (χ2n) is 11.7. The molecule has 0 aliphatic rings. The van der Waals surface area contributed by atoms with Gasteiger partial charge in [0.15, 0.2) is 0 Å². The molecule has 0 aliphatic carbocycles. The monoisotopic (exact) mass is 574 g/mol. The third kappa shape index (κ3) is 3.39. The third-order valence-corrected chi connectivity index (χ3v) is 9.29. The maximum Gasteiger partial charge on any atom is 0.113 e. The normalized spacial score (nSPS) is 12.0. The summed E-state index contributed by atoms with van der Waals surface area (Å²) in [6.45, 7) is 0. The van der Waals surface area contributed by atoms with Crippen molar-refractivity contribution >= 4 is 65.4 Å². The predicted molar refractivity (Wildman–Crippen MR) is 187 cm³/mol. The summed E-state index contributed by atoms with van der Waals surface area (Å²) in [5.41, 5.74) is 10.1. The van der Waals surface area contributed by atoms with Gasteiger partial charge in [-0.1, -0.05) is 91.0 Å². The molecule has 0 aliphatic heterocycles. The highest BCUT2D eigenvalue weighted by Gasteiger charge is 2.21. The number of hydrogen-bond donors (Lipinski definition) is 0. The predicted octanol–water partition coefficient (Wildman–Crippen LogP) is 10.4. The van der Waals surface area contributed by atoms with Gasteiger partial charge in [-0.05, 0) is 71.4 Å². The van der Waals surface area contributed by atoms with Gasteiger partial charge in [-0.3, -0.25) is 4.57 Å². The minimum Gasteiger partial charge on any atom is -0.309 e. The van der Waals surface area contributed by atoms with Crippen molar-refractivity contribution < 1.29 is 0 Å². The molecule has 0 unspecified atom stereocenters. The summed E-state index contributed by atoms with van der Waals surface area (Å²) in [5, 5.41) is 7.47. The molecule has 210 valence electrons. The van der Waals surface area contributed by atoms with Gasteiger partial charge in [0.05, 0.1) is 33.3 Å². The number of aromatic nitrogens is 4. The fraction of sp³-hybridized carbons (Fsp3) is 0. The maximum atomic E-state index is 5.00. The summed E-state index contributed by atoms with van der Waals surface area (Å²) in [6, 6.07) is 54.4. The molecule has 10 aromatic rings. The van der Waals surface area contributed by atoms with Crippen molar-refractivity contribution in [2.75, 3.05) is 0 Å². The molecule has 0 saturated carbocycles. The Bertz CT molecular complexity index is 2750. The number of benzene rings is 7. The Morgan fingerprint density at radius 1 is 0.400 bits per heavy atom. The van der Waals surface area contributed by atoms with Crippen molar-refractivity contribution in [1.29, 1.82) is 0 Å². The lowest BCUT2D eigenvalue weighted by atomic mass is 10.0. The van der Waals surface area contributed by atoms with Crippen molar-refractivity contribution in [2.45, 2.75) is 0 Å². The van der Waals surface area contributed by atoms with Crippen molar-refractivity contribution in [3.8, 4) is 17.1 Å². The van der Waals surface area contributed by atoms with E-state index < -0.39 is 0 Å². The molecule has 0 amide bonds. The van der Waals surface area contributed by atoms with Gasteiger partial charge >= 0.3 is 0 Å². The van der Waals surface area contributed by atoms with E-state index in [2.05, 4.69) is 159 Å². The molecule has 7 aromatic carbocycles. The SMILES string of the molecule is c1ccc(-n2cnc3c(-n4c5ccccc5c5cc6c(cc54)c4c5ccccc5ccc4n6-c4ccccc4)cccc32)cc1. The van der Waals surface area contributed by atoms with Crippen LogP contribution in [-0.4, -0.2) is 18.7 Å². The summed E-state index contributed by atoms with van der Waals surface area (Å²) in [6.07, 6.45) is 1.94. The third-order valence-electron chi connectivity index (χ3n) is 9.29. The zero-order valence-corrected chi connectivity index (χ0v) is 24.3. The van der Waals surface area contributed by atoms with Crippen LogP contribution in [0.15, 0.2) is 158 Å². The summed E-state index contributed by atoms with van der Waals surface area (Å²) in [4.78, 5) is 5.00. The number of fused-ring (bicyclic) bond motifs is 9. The topological polar surface area (TPSA) is 27.7 Å². The van der Waals surface area contributed by atoms with Gasteiger partial charge in [0.2, 0.25) is 0 Å². The molecule has 3 aromatic heterocycles. The Kier molecular flexibility index (Phi) is 4.96. The molecule has 0 bridgehead atoms. The molecule has 0 atom stereocenters. The molecular formula is C41H26N4. The molecule has 3 heterocycles. The Morgan fingerprint density at radius 3 is 1.91 bits per heavy atom. The molecular weight excluding hydrogens is 548 g/mol. The lowest BCUT2D eigenvalue weighted by Gasteiger charge is -2.10. The number of nitrogens with zero attached hydrogens (tertiary/aromatic N) is 4. The molecule has 0 saturated heterocycles. The van der Waals surface area contributed by atoms with Crippen molar-refractivity contribution in [1.82, 2.24) is 18.7 Å². The summed E-state index contributed by atoms with van der Waals surface area (Å²) in [7, 11) is 0. The highest BCUT2D eigenvalue weighted by Crippen LogP contribution is 2.42. The van der Waals surface area contributed by atoms with Crippen molar-refractivity contribution in [2.24, 2.45) is 0 Å². The number of rotatable bonds is 3. The van der Waals surface area contributed by atoms with E-state index in [1.54, 1.807) is 0 Å². The second-order valence-corrected chi connectivity index (χ2v) is 11.7. The first-order chi connectivity index (χ1) is 22.3. The van der Waals surface area contributed by atoms with Crippen LogP contribution in [0, 0.1) is 0 Å². The van der Waals surface area contributed by atoms with Crippen LogP contribution in [0.4, 0.5) is 0 Å². The molecule has 0 radical (unpaired) electrons. The van der Waals surface area contributed by atoms with Crippen LogP contribution in [0.3, 0.4) is 0 Å². The van der Waals surface area contributed by atoms with Crippen LogP contribution in [-0.2, 0) is 0 Å². The van der Waals surface area contributed by atoms with E-state index >= 15 is 0 Å². The van der Waals surface area contributed by atoms with Gasteiger partial charge in [0.25, 0.3) is 0 Å². The smallest absolute Gasteiger partial charge is 0.113 e. The van der Waals surface area contributed by atoms with Gasteiger partial charge in [-0.2, -0.15) is 0 Å². The molecule has 0 spiro atoms. The minimum absolute atomic E-state index is 0.973. The van der Waals surface area contributed by atoms with Crippen molar-refractivity contribution in [3.05, 3.63) is 158 Å². The first-order valence-electron chi connectivity index (χ1n) is 15.3. The quantitative estimate of drug-likeness (QED) is 0.206. The Morgan fingerprint density at radius 2 is 1.07 bits per heavy atom. The molecule has 4 nitrogen and oxygen atoms in total. The van der Waals surface area contributed by atoms with Crippen LogP contribution in [0.2, 0.25) is 0 Å². The minimum atomic E-state index is 0.973. The van der Waals surface area contributed by atoms with Crippen molar-refractivity contribution in [3.63, 3.8) is 0 Å². The van der Waals surface area contributed by atoms with Crippen LogP contribution < -0.4 is 0 Å². The lowest BCUT2D eigenvalue weighted by Crippen LogP contribution is -1.96. The highest BCUT2D eigenvalue weighted by atomic mass is 15.1. The van der Waals surface area contributed by atoms with E-state index in [-0.39, 0.29) is 0 Å². The van der Waals surface area contributed by atoms with Crippen LogP contribution in [0.25, 0.3) is 82.5 Å². The summed E-state index contributed by atoms with van der Waals surface area (Å²) in [5.74, 6) is 0. The highest BCUT2D eigenvalue weighted by molar-refractivity contribution is 6.25. The standard InChI is InChI=1S/C41H26N4/c1-3-13-28(14-4-1)43-26-42-41-36(43)20-11-21-37(41)45-34-19-10-9-18-31(34)32-24-39-33(25-38(32)45)40-30-17-8-7-12-27(30)22-23-35(40)44(39)29-15-5-2-6-16-29/h1-26H. The molecule has 45 heavy (non-hydrogen) atoms. The van der Waals surface area contributed by atoms with E-state index in [4.69, 9.17) is 4.98 Å². The summed E-state index contributed by atoms with van der Waals surface area (Å²) < 4.78 is 7.00. The van der Waals surface area contributed by atoms with Gasteiger partial charge in [0.1, 0.15) is 11.8 Å². The molecule has 4 heteroatoms. The van der Waals surface area contributed by atoms with Gasteiger partial charge < -0.3 is 9.13 Å². The van der Waals surface area contributed by atoms with Crippen LogP contribution in [0.1, 0.15) is 0 Å². The van der Waals surface area contributed by atoms with E-state index in [0.29, 0.717) is 0 Å². The Balaban J connectivity index is 1.37. The number of imidazole rings is 1. The van der Waals surface area contributed by atoms with E-state index in [9.17, 15) is 0 Å². The largest absolute Gasteiger partial charge is 0.309 e. The summed E-state index contributed by atoms with van der Waals surface area (Å²) >= 11 is 0. The van der Waals surface area contributed by atoms with Gasteiger partial charge in [0, 0.05) is 32.9 Å². The second kappa shape index (κ2) is 9.18. The fourth-order valence-corrected chi connectivity index (χ4v) is 7.36. The maximum absolute atomic E-state index is 5.00. The van der Waals surface area contributed by atoms with Gasteiger partial charge in [-0.15, -0.1) is 0 Å². The average molecular weight is 575 g/mol. The lowest BCUT2D eigenvalue weighted by molar-refractivity contribution is 1.09. The number of para-hydroxylation sites is 4. The van der Waals surface area contributed by atoms with Gasteiger partial charge in [-0.25, -0.2) is 4.98 Å². The zero-order valence-electron chi connectivity index (χ0n) is 24.3. The van der Waals surface area contributed by atoms with Crippen LogP contribution >= 0.6 is 0 Å². The zero-order chi connectivity index (χ0) is 29.5. The number of hydrogen-bond acceptors (Lipinski definition) is 1. The van der Waals surface area contributed by atoms with E-state index in [0.717, 1.165) is 28.1 Å². The van der Waals surface area contributed by atoms with E-state index in [1.165, 1.54) is 54.4 Å². The Hall–Kier alpha value is -6.13. The fourth-order valence-electron chi connectivity index (χ4n) is 7.36. The Labute approximate surface area is 258 Å². The first kappa shape index (κ1) is 24.3. The molecule has 0 fully saturated rings. The molecule has 10 rings (SSSR count). The van der Waals surface area contributed by atoms with Crippen LogP contribution in [0.5, 0.6) is 0 Å². The van der Waals surface area contributed by atoms with E-state index in [1.807, 2.05) is 12.4 Å². The average Bonchev–Trinajstić information content (AvgIpc) is 3.78. The molecule has 0 N–H and O–H groups in total.